The number of hydrogen-bond donors (Lipinski definition) is 3. The number of aryl methyl sites for hydroxylation is 1. The maximum Gasteiger partial charge on any atom is 0.224 e. The smallest absolute Gasteiger partial charge is 0.224 e. The van der Waals surface area contributed by atoms with Gasteiger partial charge in [-0.05, 0) is 75.0 Å². The Bertz CT molecular complexity index is 864. The average molecular weight is 413 g/mol. The Kier molecular flexibility index (Phi) is 9.35. The van der Waals surface area contributed by atoms with Crippen LogP contribution >= 0.6 is 0 Å². The molecular formula is C24H32N2O4. The van der Waals surface area contributed by atoms with E-state index in [0.717, 1.165) is 24.2 Å². The van der Waals surface area contributed by atoms with Crippen molar-refractivity contribution in [2.45, 2.75) is 46.5 Å². The first-order chi connectivity index (χ1) is 14.5. The Labute approximate surface area is 178 Å². The van der Waals surface area contributed by atoms with Crippen LogP contribution in [-0.2, 0) is 11.2 Å². The van der Waals surface area contributed by atoms with Crippen molar-refractivity contribution in [3.05, 3.63) is 53.1 Å². The van der Waals surface area contributed by atoms with Crippen LogP contribution in [0.5, 0.6) is 11.5 Å². The number of anilines is 1. The third-order valence-corrected chi connectivity index (χ3v) is 4.85. The number of carbonyl (C=O) groups is 2. The van der Waals surface area contributed by atoms with Crippen molar-refractivity contribution in [2.24, 2.45) is 0 Å². The van der Waals surface area contributed by atoms with Crippen molar-refractivity contribution in [1.29, 1.82) is 0 Å². The van der Waals surface area contributed by atoms with Gasteiger partial charge in [0.15, 0.2) is 5.78 Å². The zero-order chi connectivity index (χ0) is 21.9. The molecule has 30 heavy (non-hydrogen) atoms. The summed E-state index contributed by atoms with van der Waals surface area (Å²) in [6.07, 6.45) is 2.88. The molecule has 0 aliphatic rings. The van der Waals surface area contributed by atoms with Crippen LogP contribution in [0.25, 0.3) is 0 Å². The molecule has 6 nitrogen and oxygen atoms in total. The van der Waals surface area contributed by atoms with E-state index in [0.29, 0.717) is 31.6 Å². The number of amides is 1. The van der Waals surface area contributed by atoms with Crippen molar-refractivity contribution < 1.29 is 19.4 Å². The lowest BCUT2D eigenvalue weighted by Crippen LogP contribution is -2.24. The van der Waals surface area contributed by atoms with Gasteiger partial charge in [0.2, 0.25) is 5.91 Å². The van der Waals surface area contributed by atoms with E-state index in [1.54, 1.807) is 6.07 Å². The number of hydrogen-bond acceptors (Lipinski definition) is 5. The van der Waals surface area contributed by atoms with Gasteiger partial charge in [0, 0.05) is 12.0 Å². The summed E-state index contributed by atoms with van der Waals surface area (Å²) in [5.41, 5.74) is 3.13. The number of ketones is 1. The van der Waals surface area contributed by atoms with Gasteiger partial charge in [-0.1, -0.05) is 19.1 Å². The van der Waals surface area contributed by atoms with Gasteiger partial charge in [-0.25, -0.2) is 0 Å². The highest BCUT2D eigenvalue weighted by Crippen LogP contribution is 2.25. The third-order valence-electron chi connectivity index (χ3n) is 4.85. The van der Waals surface area contributed by atoms with E-state index < -0.39 is 0 Å². The molecule has 0 radical (unpaired) electrons. The number of rotatable bonds is 12. The maximum absolute atomic E-state index is 12.5. The topological polar surface area (TPSA) is 87.7 Å². The first kappa shape index (κ1) is 23.4. The minimum atomic E-state index is -0.181. The molecule has 2 aromatic carbocycles. The molecule has 2 rings (SSSR count). The second-order valence-corrected chi connectivity index (χ2v) is 7.21. The number of aromatic hydroxyl groups is 1. The number of benzene rings is 2. The lowest BCUT2D eigenvalue weighted by molar-refractivity contribution is -0.116. The number of phenolic OH excluding ortho intramolecular Hbond substituents is 1. The molecule has 0 saturated carbocycles. The van der Waals surface area contributed by atoms with Crippen molar-refractivity contribution >= 4 is 17.4 Å². The number of nitrogens with one attached hydrogen (secondary N) is 2. The zero-order valence-corrected chi connectivity index (χ0v) is 18.1. The van der Waals surface area contributed by atoms with Gasteiger partial charge in [-0.3, -0.25) is 9.59 Å². The lowest BCUT2D eigenvalue weighted by Gasteiger charge is -2.12. The van der Waals surface area contributed by atoms with Crippen molar-refractivity contribution in [1.82, 2.24) is 5.32 Å². The van der Waals surface area contributed by atoms with Crippen molar-refractivity contribution in [2.75, 3.05) is 25.0 Å². The Morgan fingerprint density at radius 2 is 1.93 bits per heavy atom. The van der Waals surface area contributed by atoms with Gasteiger partial charge in [0.05, 0.1) is 18.8 Å². The Morgan fingerprint density at radius 1 is 1.13 bits per heavy atom. The van der Waals surface area contributed by atoms with Crippen LogP contribution in [0.15, 0.2) is 36.4 Å². The highest BCUT2D eigenvalue weighted by Gasteiger charge is 2.11. The summed E-state index contributed by atoms with van der Waals surface area (Å²) in [6.45, 7) is 7.51. The van der Waals surface area contributed by atoms with E-state index in [1.165, 1.54) is 17.7 Å². The average Bonchev–Trinajstić information content (AvgIpc) is 2.72. The van der Waals surface area contributed by atoms with Gasteiger partial charge >= 0.3 is 0 Å². The molecular weight excluding hydrogens is 380 g/mol. The maximum atomic E-state index is 12.5. The van der Waals surface area contributed by atoms with Gasteiger partial charge in [0.1, 0.15) is 11.5 Å². The van der Waals surface area contributed by atoms with Gasteiger partial charge < -0.3 is 20.5 Å². The van der Waals surface area contributed by atoms with Gasteiger partial charge in [0.25, 0.3) is 0 Å². The largest absolute Gasteiger partial charge is 0.506 e. The Balaban J connectivity index is 1.82. The second kappa shape index (κ2) is 12.0. The van der Waals surface area contributed by atoms with Crippen LogP contribution in [0.4, 0.5) is 5.69 Å². The molecule has 0 spiro atoms. The predicted molar refractivity (Wildman–Crippen MR) is 120 cm³/mol. The summed E-state index contributed by atoms with van der Waals surface area (Å²) in [6, 6.07) is 10.6. The van der Waals surface area contributed by atoms with Crippen LogP contribution < -0.4 is 15.4 Å². The fourth-order valence-electron chi connectivity index (χ4n) is 3.20. The summed E-state index contributed by atoms with van der Waals surface area (Å²) in [4.78, 5) is 24.2. The first-order valence-electron chi connectivity index (χ1n) is 10.5. The van der Waals surface area contributed by atoms with Crippen molar-refractivity contribution in [3.63, 3.8) is 0 Å². The molecule has 0 aliphatic carbocycles. The number of phenols is 1. The quantitative estimate of drug-likeness (QED) is 0.276. The molecule has 0 bridgehead atoms. The van der Waals surface area contributed by atoms with E-state index in [2.05, 4.69) is 23.6 Å². The molecule has 2 aromatic rings. The van der Waals surface area contributed by atoms with Crippen LogP contribution in [0.1, 0.15) is 54.6 Å². The normalized spacial score (nSPS) is 10.6. The molecule has 0 heterocycles. The second-order valence-electron chi connectivity index (χ2n) is 7.21. The minimum absolute atomic E-state index is 0.0476. The number of Topliss-reactive ketones (excluding diaryl/α,β-unsaturated/α-hetero) is 1. The number of ether oxygens (including phenoxy) is 1. The Hall–Kier alpha value is -2.86. The van der Waals surface area contributed by atoms with E-state index in [9.17, 15) is 14.7 Å². The van der Waals surface area contributed by atoms with E-state index in [-0.39, 0.29) is 29.7 Å². The zero-order valence-electron chi connectivity index (χ0n) is 18.1. The monoisotopic (exact) mass is 412 g/mol. The Morgan fingerprint density at radius 3 is 2.67 bits per heavy atom. The molecule has 0 fully saturated rings. The van der Waals surface area contributed by atoms with Gasteiger partial charge in [-0.2, -0.15) is 0 Å². The fourth-order valence-corrected chi connectivity index (χ4v) is 3.20. The van der Waals surface area contributed by atoms with Crippen LogP contribution in [0.3, 0.4) is 0 Å². The third kappa shape index (κ3) is 6.88. The van der Waals surface area contributed by atoms with E-state index in [1.807, 2.05) is 26.0 Å². The first-order valence-corrected chi connectivity index (χ1v) is 10.5. The molecule has 0 aromatic heterocycles. The van der Waals surface area contributed by atoms with Crippen molar-refractivity contribution in [3.8, 4) is 11.5 Å². The van der Waals surface area contributed by atoms with E-state index in [4.69, 9.17) is 4.74 Å². The molecule has 0 unspecified atom stereocenters. The highest BCUT2D eigenvalue weighted by molar-refractivity contribution is 6.00. The summed E-state index contributed by atoms with van der Waals surface area (Å²) in [5, 5.41) is 15.7. The van der Waals surface area contributed by atoms with Crippen LogP contribution in [0.2, 0.25) is 0 Å². The summed E-state index contributed by atoms with van der Waals surface area (Å²) in [5.74, 6) is 0.607. The molecule has 0 aliphatic heterocycles. The summed E-state index contributed by atoms with van der Waals surface area (Å²) in [7, 11) is 0. The predicted octanol–water partition coefficient (Wildman–Crippen LogP) is 4.24. The number of carbonyl (C=O) groups excluding carboxylic acids is 2. The van der Waals surface area contributed by atoms with Crippen LogP contribution in [-0.4, -0.2) is 36.5 Å². The minimum Gasteiger partial charge on any atom is -0.506 e. The molecule has 6 heteroatoms. The molecule has 3 N–H and O–H groups in total. The SMILES string of the molecule is CCCC(=O)Nc1cc(C(=O)CNCCCc2cccc(OCC)c2C)ccc1O. The highest BCUT2D eigenvalue weighted by atomic mass is 16.5. The summed E-state index contributed by atoms with van der Waals surface area (Å²) < 4.78 is 5.64. The molecule has 0 saturated heterocycles. The van der Waals surface area contributed by atoms with E-state index >= 15 is 0 Å². The van der Waals surface area contributed by atoms with Gasteiger partial charge in [-0.15, -0.1) is 0 Å². The summed E-state index contributed by atoms with van der Waals surface area (Å²) >= 11 is 0. The standard InChI is InChI=1S/C24H32N2O4/c1-4-8-24(29)26-20-15-19(12-13-21(20)27)22(28)16-25-14-7-10-18-9-6-11-23(17(18)3)30-5-2/h6,9,11-13,15,25,27H,4-5,7-8,10,14,16H2,1-3H3,(H,26,29). The molecule has 162 valence electrons. The lowest BCUT2D eigenvalue weighted by atomic mass is 10.0. The molecule has 0 atom stereocenters. The molecule has 1 amide bonds. The van der Waals surface area contributed by atoms with Crippen LogP contribution in [0, 0.1) is 6.92 Å². The fraction of sp³-hybridized carbons (Fsp3) is 0.417.